The van der Waals surface area contributed by atoms with Gasteiger partial charge in [0.2, 0.25) is 0 Å². The second-order valence-corrected chi connectivity index (χ2v) is 4.23. The molecule has 0 heterocycles. The molecular weight excluding hydrogens is 174 g/mol. The summed E-state index contributed by atoms with van der Waals surface area (Å²) in [6.45, 7) is 12.6. The Morgan fingerprint density at radius 1 is 1.14 bits per heavy atom. The van der Waals surface area contributed by atoms with E-state index in [0.29, 0.717) is 12.1 Å². The van der Waals surface area contributed by atoms with Gasteiger partial charge in [0, 0.05) is 25.2 Å². The van der Waals surface area contributed by atoms with E-state index in [1.54, 1.807) is 0 Å². The van der Waals surface area contributed by atoms with Crippen molar-refractivity contribution >= 4 is 0 Å². The third kappa shape index (κ3) is 5.21. The van der Waals surface area contributed by atoms with Crippen molar-refractivity contribution in [2.24, 2.45) is 0 Å². The van der Waals surface area contributed by atoms with Crippen LogP contribution >= 0.6 is 0 Å². The van der Waals surface area contributed by atoms with Crippen LogP contribution in [-0.2, 0) is 0 Å². The van der Waals surface area contributed by atoms with Gasteiger partial charge < -0.3 is 5.32 Å². The minimum absolute atomic E-state index is 0.0452. The topological polar surface area (TPSA) is 39.1 Å². The van der Waals surface area contributed by atoms with Gasteiger partial charge in [-0.15, -0.1) is 0 Å². The quantitative estimate of drug-likeness (QED) is 0.703. The molecule has 0 aromatic rings. The first kappa shape index (κ1) is 13.4. The number of rotatable bonds is 6. The molecule has 1 N–H and O–H groups in total. The molecule has 0 spiro atoms. The molecule has 0 fully saturated rings. The van der Waals surface area contributed by atoms with Gasteiger partial charge in [0.05, 0.1) is 12.1 Å². The van der Waals surface area contributed by atoms with Crippen molar-refractivity contribution in [1.82, 2.24) is 10.2 Å². The number of nitrogens with zero attached hydrogens (tertiary/aromatic N) is 2. The Morgan fingerprint density at radius 2 is 1.64 bits per heavy atom. The van der Waals surface area contributed by atoms with Crippen LogP contribution in [-0.4, -0.2) is 36.1 Å². The van der Waals surface area contributed by atoms with E-state index in [2.05, 4.69) is 44.0 Å². The van der Waals surface area contributed by atoms with E-state index >= 15 is 0 Å². The van der Waals surface area contributed by atoms with Crippen LogP contribution in [0.4, 0.5) is 0 Å². The second-order valence-electron chi connectivity index (χ2n) is 4.23. The maximum absolute atomic E-state index is 8.59. The molecule has 0 aliphatic rings. The first-order valence-corrected chi connectivity index (χ1v) is 5.37. The lowest BCUT2D eigenvalue weighted by Gasteiger charge is -2.30. The van der Waals surface area contributed by atoms with Crippen LogP contribution < -0.4 is 5.32 Å². The SMILES string of the molecule is CC(C#N)NCCN(C(C)C)C(C)C. The summed E-state index contributed by atoms with van der Waals surface area (Å²) in [5.41, 5.74) is 0. The third-order valence-corrected chi connectivity index (χ3v) is 2.34. The molecule has 0 saturated carbocycles. The van der Waals surface area contributed by atoms with Crippen LogP contribution in [0.25, 0.3) is 0 Å². The average Bonchev–Trinajstić information content (AvgIpc) is 2.10. The van der Waals surface area contributed by atoms with Gasteiger partial charge in [-0.05, 0) is 34.6 Å². The molecule has 0 amide bonds. The normalized spacial score (nSPS) is 13.6. The lowest BCUT2D eigenvalue weighted by atomic mass is 10.2. The Morgan fingerprint density at radius 3 is 2.00 bits per heavy atom. The van der Waals surface area contributed by atoms with Crippen molar-refractivity contribution in [3.8, 4) is 6.07 Å². The minimum Gasteiger partial charge on any atom is -0.301 e. The Hall–Kier alpha value is -0.590. The maximum Gasteiger partial charge on any atom is 0.0924 e. The minimum atomic E-state index is -0.0452. The van der Waals surface area contributed by atoms with Gasteiger partial charge in [-0.1, -0.05) is 0 Å². The van der Waals surface area contributed by atoms with Crippen molar-refractivity contribution < 1.29 is 0 Å². The fraction of sp³-hybridized carbons (Fsp3) is 0.909. The number of hydrogen-bond donors (Lipinski definition) is 1. The van der Waals surface area contributed by atoms with Gasteiger partial charge in [-0.25, -0.2) is 0 Å². The summed E-state index contributed by atoms with van der Waals surface area (Å²) in [6.07, 6.45) is 0. The number of nitriles is 1. The molecular formula is C11H23N3. The summed E-state index contributed by atoms with van der Waals surface area (Å²) >= 11 is 0. The van der Waals surface area contributed by atoms with Crippen LogP contribution in [0.15, 0.2) is 0 Å². The zero-order valence-corrected chi connectivity index (χ0v) is 10.0. The smallest absolute Gasteiger partial charge is 0.0924 e. The summed E-state index contributed by atoms with van der Waals surface area (Å²) in [5.74, 6) is 0. The molecule has 82 valence electrons. The molecule has 3 nitrogen and oxygen atoms in total. The predicted octanol–water partition coefficient (Wildman–Crippen LogP) is 1.61. The van der Waals surface area contributed by atoms with E-state index in [-0.39, 0.29) is 6.04 Å². The molecule has 0 rings (SSSR count). The fourth-order valence-corrected chi connectivity index (χ4v) is 1.57. The van der Waals surface area contributed by atoms with E-state index in [9.17, 15) is 0 Å². The Bertz CT molecular complexity index is 173. The Balaban J connectivity index is 3.79. The monoisotopic (exact) mass is 197 g/mol. The highest BCUT2D eigenvalue weighted by atomic mass is 15.2. The molecule has 0 aliphatic carbocycles. The highest BCUT2D eigenvalue weighted by Crippen LogP contribution is 2.03. The summed E-state index contributed by atoms with van der Waals surface area (Å²) in [7, 11) is 0. The van der Waals surface area contributed by atoms with Gasteiger partial charge >= 0.3 is 0 Å². The van der Waals surface area contributed by atoms with Crippen molar-refractivity contribution in [1.29, 1.82) is 5.26 Å². The number of nitrogens with one attached hydrogen (secondary N) is 1. The molecule has 1 atom stereocenters. The van der Waals surface area contributed by atoms with Crippen LogP contribution in [0.5, 0.6) is 0 Å². The average molecular weight is 197 g/mol. The molecule has 14 heavy (non-hydrogen) atoms. The molecule has 1 unspecified atom stereocenters. The van der Waals surface area contributed by atoms with Gasteiger partial charge in [0.1, 0.15) is 0 Å². The number of hydrogen-bond acceptors (Lipinski definition) is 3. The van der Waals surface area contributed by atoms with Gasteiger partial charge in [-0.2, -0.15) is 5.26 Å². The highest BCUT2D eigenvalue weighted by molar-refractivity contribution is 4.85. The molecule has 0 bridgehead atoms. The van der Waals surface area contributed by atoms with Crippen LogP contribution in [0.2, 0.25) is 0 Å². The summed E-state index contributed by atoms with van der Waals surface area (Å²) in [5, 5.41) is 11.8. The fourth-order valence-electron chi connectivity index (χ4n) is 1.57. The summed E-state index contributed by atoms with van der Waals surface area (Å²) in [6, 6.07) is 3.25. The van der Waals surface area contributed by atoms with Crippen LogP contribution in [0.3, 0.4) is 0 Å². The predicted molar refractivity (Wildman–Crippen MR) is 60.1 cm³/mol. The Labute approximate surface area is 88.1 Å². The van der Waals surface area contributed by atoms with Gasteiger partial charge in [0.25, 0.3) is 0 Å². The summed E-state index contributed by atoms with van der Waals surface area (Å²) in [4.78, 5) is 2.41. The van der Waals surface area contributed by atoms with E-state index in [0.717, 1.165) is 13.1 Å². The first-order valence-electron chi connectivity index (χ1n) is 5.37. The molecule has 0 radical (unpaired) electrons. The summed E-state index contributed by atoms with van der Waals surface area (Å²) < 4.78 is 0. The molecule has 0 saturated heterocycles. The van der Waals surface area contributed by atoms with Gasteiger partial charge in [-0.3, -0.25) is 4.90 Å². The Kier molecular flexibility index (Phi) is 6.52. The van der Waals surface area contributed by atoms with Crippen molar-refractivity contribution in [3.05, 3.63) is 0 Å². The van der Waals surface area contributed by atoms with E-state index in [1.807, 2.05) is 6.92 Å². The standard InChI is InChI=1S/C11H23N3/c1-9(2)14(10(3)4)7-6-13-11(5)8-12/h9-11,13H,6-7H2,1-5H3. The molecule has 0 aliphatic heterocycles. The maximum atomic E-state index is 8.59. The van der Waals surface area contributed by atoms with Crippen LogP contribution in [0.1, 0.15) is 34.6 Å². The van der Waals surface area contributed by atoms with Crippen molar-refractivity contribution in [2.75, 3.05) is 13.1 Å². The zero-order chi connectivity index (χ0) is 11.1. The van der Waals surface area contributed by atoms with E-state index < -0.39 is 0 Å². The molecule has 0 aromatic heterocycles. The van der Waals surface area contributed by atoms with Crippen molar-refractivity contribution in [3.63, 3.8) is 0 Å². The van der Waals surface area contributed by atoms with Crippen molar-refractivity contribution in [2.45, 2.75) is 52.7 Å². The second kappa shape index (κ2) is 6.80. The zero-order valence-electron chi connectivity index (χ0n) is 10.0. The lowest BCUT2D eigenvalue weighted by Crippen LogP contribution is -2.42. The largest absolute Gasteiger partial charge is 0.301 e. The molecule has 3 heteroatoms. The first-order chi connectivity index (χ1) is 6.49. The third-order valence-electron chi connectivity index (χ3n) is 2.34. The molecule has 0 aromatic carbocycles. The lowest BCUT2D eigenvalue weighted by molar-refractivity contribution is 0.175. The van der Waals surface area contributed by atoms with Gasteiger partial charge in [0.15, 0.2) is 0 Å². The van der Waals surface area contributed by atoms with Crippen LogP contribution in [0, 0.1) is 11.3 Å². The van der Waals surface area contributed by atoms with E-state index in [4.69, 9.17) is 5.26 Å². The highest BCUT2D eigenvalue weighted by Gasteiger charge is 2.12. The van der Waals surface area contributed by atoms with E-state index in [1.165, 1.54) is 0 Å².